The van der Waals surface area contributed by atoms with Crippen molar-refractivity contribution >= 4 is 5.69 Å². The van der Waals surface area contributed by atoms with Gasteiger partial charge in [0.05, 0.1) is 31.7 Å². The number of aromatic nitrogens is 1. The van der Waals surface area contributed by atoms with Crippen molar-refractivity contribution in [3.8, 4) is 11.5 Å². The van der Waals surface area contributed by atoms with Gasteiger partial charge in [0.2, 0.25) is 0 Å². The van der Waals surface area contributed by atoms with E-state index in [1.165, 1.54) is 0 Å². The zero-order chi connectivity index (χ0) is 15.8. The SMILES string of the molecule is CCOc1ccc(CNc2cnccc2CO)cc1OCC. The summed E-state index contributed by atoms with van der Waals surface area (Å²) in [6, 6.07) is 7.68. The topological polar surface area (TPSA) is 63.6 Å². The van der Waals surface area contributed by atoms with Gasteiger partial charge in [0.1, 0.15) is 0 Å². The molecule has 0 saturated heterocycles. The molecule has 0 amide bonds. The molecule has 2 rings (SSSR count). The smallest absolute Gasteiger partial charge is 0.161 e. The maximum atomic E-state index is 9.32. The molecule has 22 heavy (non-hydrogen) atoms. The van der Waals surface area contributed by atoms with Crippen LogP contribution in [-0.4, -0.2) is 23.3 Å². The highest BCUT2D eigenvalue weighted by Gasteiger charge is 2.07. The van der Waals surface area contributed by atoms with Crippen molar-refractivity contribution in [2.45, 2.75) is 27.0 Å². The van der Waals surface area contributed by atoms with E-state index in [-0.39, 0.29) is 6.61 Å². The first-order chi connectivity index (χ1) is 10.8. The Kier molecular flexibility index (Phi) is 6.03. The highest BCUT2D eigenvalue weighted by Crippen LogP contribution is 2.29. The van der Waals surface area contributed by atoms with Gasteiger partial charge in [-0.15, -0.1) is 0 Å². The molecule has 5 heteroatoms. The monoisotopic (exact) mass is 302 g/mol. The molecule has 1 aromatic heterocycles. The molecule has 0 fully saturated rings. The number of benzene rings is 1. The highest BCUT2D eigenvalue weighted by molar-refractivity contribution is 5.50. The predicted octanol–water partition coefficient (Wildman–Crippen LogP) is 2.98. The summed E-state index contributed by atoms with van der Waals surface area (Å²) in [6.07, 6.45) is 3.38. The van der Waals surface area contributed by atoms with Crippen LogP contribution >= 0.6 is 0 Å². The number of rotatable bonds is 8. The van der Waals surface area contributed by atoms with Crippen LogP contribution in [0.1, 0.15) is 25.0 Å². The average Bonchev–Trinajstić information content (AvgIpc) is 2.55. The predicted molar refractivity (Wildman–Crippen MR) is 86.3 cm³/mol. The second kappa shape index (κ2) is 8.24. The van der Waals surface area contributed by atoms with Gasteiger partial charge in [0, 0.05) is 18.3 Å². The summed E-state index contributed by atoms with van der Waals surface area (Å²) < 4.78 is 11.2. The number of aliphatic hydroxyl groups is 1. The highest BCUT2D eigenvalue weighted by atomic mass is 16.5. The van der Waals surface area contributed by atoms with Crippen molar-refractivity contribution in [3.05, 3.63) is 47.8 Å². The van der Waals surface area contributed by atoms with Crippen molar-refractivity contribution in [2.24, 2.45) is 0 Å². The molecule has 0 aliphatic carbocycles. The zero-order valence-electron chi connectivity index (χ0n) is 13.0. The molecule has 5 nitrogen and oxygen atoms in total. The molecule has 2 N–H and O–H groups in total. The third kappa shape index (κ3) is 4.11. The van der Waals surface area contributed by atoms with Gasteiger partial charge in [-0.05, 0) is 37.6 Å². The minimum atomic E-state index is -0.0155. The lowest BCUT2D eigenvalue weighted by Gasteiger charge is -2.14. The van der Waals surface area contributed by atoms with Gasteiger partial charge in [-0.1, -0.05) is 6.07 Å². The van der Waals surface area contributed by atoms with Crippen LogP contribution in [0.4, 0.5) is 5.69 Å². The Balaban J connectivity index is 2.10. The molecule has 118 valence electrons. The van der Waals surface area contributed by atoms with Crippen LogP contribution in [0.2, 0.25) is 0 Å². The Labute approximate surface area is 130 Å². The normalized spacial score (nSPS) is 10.3. The molecule has 0 atom stereocenters. The summed E-state index contributed by atoms with van der Waals surface area (Å²) in [4.78, 5) is 4.07. The fourth-order valence-corrected chi connectivity index (χ4v) is 2.12. The van der Waals surface area contributed by atoms with Gasteiger partial charge in [0.15, 0.2) is 11.5 Å². The minimum Gasteiger partial charge on any atom is -0.490 e. The van der Waals surface area contributed by atoms with E-state index in [9.17, 15) is 5.11 Å². The number of nitrogens with zero attached hydrogens (tertiary/aromatic N) is 1. The lowest BCUT2D eigenvalue weighted by atomic mass is 10.2. The fraction of sp³-hybridized carbons (Fsp3) is 0.353. The summed E-state index contributed by atoms with van der Waals surface area (Å²) in [5.74, 6) is 1.50. The van der Waals surface area contributed by atoms with Crippen molar-refractivity contribution in [2.75, 3.05) is 18.5 Å². The Bertz CT molecular complexity index is 602. The molecule has 0 bridgehead atoms. The average molecular weight is 302 g/mol. The number of hydrogen-bond donors (Lipinski definition) is 2. The molecule has 0 unspecified atom stereocenters. The molecular formula is C17H22N2O3. The lowest BCUT2D eigenvalue weighted by molar-refractivity contribution is 0.282. The second-order valence-electron chi connectivity index (χ2n) is 4.69. The van der Waals surface area contributed by atoms with E-state index in [0.717, 1.165) is 28.3 Å². The number of aliphatic hydroxyl groups excluding tert-OH is 1. The van der Waals surface area contributed by atoms with Gasteiger partial charge in [-0.25, -0.2) is 0 Å². The van der Waals surface area contributed by atoms with E-state index in [0.29, 0.717) is 19.8 Å². The molecular weight excluding hydrogens is 280 g/mol. The number of anilines is 1. The summed E-state index contributed by atoms with van der Waals surface area (Å²) in [5, 5.41) is 12.6. The van der Waals surface area contributed by atoms with Crippen LogP contribution in [0, 0.1) is 0 Å². The van der Waals surface area contributed by atoms with Gasteiger partial charge in [-0.2, -0.15) is 0 Å². The van der Waals surface area contributed by atoms with Crippen LogP contribution in [0.3, 0.4) is 0 Å². The van der Waals surface area contributed by atoms with E-state index in [4.69, 9.17) is 9.47 Å². The summed E-state index contributed by atoms with van der Waals surface area (Å²) in [5.41, 5.74) is 2.72. The van der Waals surface area contributed by atoms with Gasteiger partial charge < -0.3 is 19.9 Å². The van der Waals surface area contributed by atoms with E-state index in [2.05, 4.69) is 10.3 Å². The molecule has 2 aromatic rings. The Morgan fingerprint density at radius 1 is 1.09 bits per heavy atom. The van der Waals surface area contributed by atoms with E-state index >= 15 is 0 Å². The maximum absolute atomic E-state index is 9.32. The minimum absolute atomic E-state index is 0.0155. The van der Waals surface area contributed by atoms with Crippen molar-refractivity contribution in [1.29, 1.82) is 0 Å². The Morgan fingerprint density at radius 2 is 1.86 bits per heavy atom. The Morgan fingerprint density at radius 3 is 2.59 bits per heavy atom. The molecule has 0 aliphatic heterocycles. The van der Waals surface area contributed by atoms with E-state index < -0.39 is 0 Å². The quantitative estimate of drug-likeness (QED) is 0.785. The van der Waals surface area contributed by atoms with Gasteiger partial charge >= 0.3 is 0 Å². The first kappa shape index (κ1) is 16.1. The van der Waals surface area contributed by atoms with Crippen molar-refractivity contribution in [1.82, 2.24) is 4.98 Å². The molecule has 1 heterocycles. The third-order valence-electron chi connectivity index (χ3n) is 3.17. The van der Waals surface area contributed by atoms with Crippen LogP contribution in [0.5, 0.6) is 11.5 Å². The van der Waals surface area contributed by atoms with Crippen molar-refractivity contribution in [3.63, 3.8) is 0 Å². The van der Waals surface area contributed by atoms with Gasteiger partial charge in [-0.3, -0.25) is 4.98 Å². The molecule has 0 spiro atoms. The largest absolute Gasteiger partial charge is 0.490 e. The Hall–Kier alpha value is -2.27. The summed E-state index contributed by atoms with van der Waals surface area (Å²) >= 11 is 0. The summed E-state index contributed by atoms with van der Waals surface area (Å²) in [7, 11) is 0. The maximum Gasteiger partial charge on any atom is 0.161 e. The molecule has 0 aliphatic rings. The third-order valence-corrected chi connectivity index (χ3v) is 3.17. The number of ether oxygens (including phenoxy) is 2. The number of nitrogens with one attached hydrogen (secondary N) is 1. The fourth-order valence-electron chi connectivity index (χ4n) is 2.12. The second-order valence-corrected chi connectivity index (χ2v) is 4.69. The van der Waals surface area contributed by atoms with Gasteiger partial charge in [0.25, 0.3) is 0 Å². The first-order valence-electron chi connectivity index (χ1n) is 7.44. The summed E-state index contributed by atoms with van der Waals surface area (Å²) in [6.45, 7) is 5.69. The van der Waals surface area contributed by atoms with Crippen LogP contribution in [0.25, 0.3) is 0 Å². The number of hydrogen-bond acceptors (Lipinski definition) is 5. The zero-order valence-corrected chi connectivity index (χ0v) is 13.0. The standard InChI is InChI=1S/C17H22N2O3/c1-3-21-16-6-5-13(9-17(16)22-4-2)10-19-15-11-18-8-7-14(15)12-20/h5-9,11,19-20H,3-4,10,12H2,1-2H3. The van der Waals surface area contributed by atoms with Crippen molar-refractivity contribution < 1.29 is 14.6 Å². The molecule has 1 aromatic carbocycles. The molecule has 0 saturated carbocycles. The first-order valence-corrected chi connectivity index (χ1v) is 7.44. The molecule has 0 radical (unpaired) electrons. The van der Waals surface area contributed by atoms with E-state index in [1.807, 2.05) is 32.0 Å². The van der Waals surface area contributed by atoms with E-state index in [1.54, 1.807) is 18.5 Å². The van der Waals surface area contributed by atoms with Crippen LogP contribution in [-0.2, 0) is 13.2 Å². The van der Waals surface area contributed by atoms with Crippen LogP contribution < -0.4 is 14.8 Å². The number of pyridine rings is 1. The lowest BCUT2D eigenvalue weighted by Crippen LogP contribution is -2.04. The van der Waals surface area contributed by atoms with Crippen LogP contribution in [0.15, 0.2) is 36.7 Å².